The molecule has 33 heavy (non-hydrogen) atoms. The van der Waals surface area contributed by atoms with Crippen LogP contribution in [0.5, 0.6) is 5.88 Å². The fourth-order valence-electron chi connectivity index (χ4n) is 3.41. The fraction of sp³-hybridized carbons (Fsp3) is 0.500. The highest BCUT2D eigenvalue weighted by molar-refractivity contribution is 5.96. The molecule has 0 bridgehead atoms. The molecule has 180 valence electrons. The van der Waals surface area contributed by atoms with Crippen LogP contribution in [0.15, 0.2) is 24.3 Å². The van der Waals surface area contributed by atoms with Gasteiger partial charge in [0.15, 0.2) is 11.4 Å². The number of hydrogen-bond donors (Lipinski definition) is 2. The van der Waals surface area contributed by atoms with Crippen molar-refractivity contribution in [2.24, 2.45) is 0 Å². The Morgan fingerprint density at radius 3 is 2.64 bits per heavy atom. The van der Waals surface area contributed by atoms with Gasteiger partial charge >= 0.3 is 0 Å². The van der Waals surface area contributed by atoms with Crippen molar-refractivity contribution in [3.63, 3.8) is 0 Å². The molecule has 0 atom stereocenters. The molecule has 2 heterocycles. The van der Waals surface area contributed by atoms with E-state index < -0.39 is 0 Å². The van der Waals surface area contributed by atoms with Gasteiger partial charge in [0.2, 0.25) is 11.5 Å². The first-order valence-electron chi connectivity index (χ1n) is 11.1. The predicted octanol–water partition coefficient (Wildman–Crippen LogP) is 3.04. The second-order valence-electron chi connectivity index (χ2n) is 9.04. The van der Waals surface area contributed by atoms with Crippen molar-refractivity contribution in [3.8, 4) is 5.88 Å². The third kappa shape index (κ3) is 5.85. The van der Waals surface area contributed by atoms with Crippen LogP contribution in [0.3, 0.4) is 0 Å². The molecule has 0 aliphatic carbocycles. The van der Waals surface area contributed by atoms with Crippen LogP contribution >= 0.6 is 0 Å². The Morgan fingerprint density at radius 1 is 1.21 bits per heavy atom. The van der Waals surface area contributed by atoms with Crippen LogP contribution in [0.1, 0.15) is 62.6 Å². The highest BCUT2D eigenvalue weighted by Gasteiger charge is 2.19. The standard InChI is InChI=1S/C24H33N5O4.H2/c1-6-33-21-10-16(2)22-27-28(23(25)29(22)26-21)14-20(31)18-11-17(15-32-9-7-8-30)12-19(13-18)24(3,4)5;/h10-13,25,30H,6-9,14-15H2,1-5H3;1H. The Bertz CT molecular complexity index is 1200. The minimum Gasteiger partial charge on any atom is -0.477 e. The normalized spacial score (nSPS) is 11.8. The van der Waals surface area contributed by atoms with Gasteiger partial charge in [0, 0.05) is 31.8 Å². The molecule has 3 aromatic rings. The fourth-order valence-corrected chi connectivity index (χ4v) is 3.41. The molecule has 0 fully saturated rings. The molecule has 2 aromatic heterocycles. The average molecular weight is 458 g/mol. The SMILES string of the molecule is CCOc1cc(C)c2nn(CC(=O)c3cc(COCCCO)cc(C(C)(C)C)c3)c(=N)n2n1.[HH]. The number of carbonyl (C=O) groups is 1. The maximum Gasteiger partial charge on any atom is 0.242 e. The number of Topliss-reactive ketones (excluding diaryl/α,β-unsaturated/α-hetero) is 1. The number of aryl methyl sites for hydroxylation is 1. The van der Waals surface area contributed by atoms with Crippen molar-refractivity contribution in [2.45, 2.75) is 59.6 Å². The van der Waals surface area contributed by atoms with Crippen molar-refractivity contribution in [3.05, 3.63) is 52.1 Å². The highest BCUT2D eigenvalue weighted by atomic mass is 16.5. The lowest BCUT2D eigenvalue weighted by atomic mass is 9.84. The molecular formula is C24H35N5O4. The number of nitrogens with one attached hydrogen (secondary N) is 1. The summed E-state index contributed by atoms with van der Waals surface area (Å²) >= 11 is 0. The number of aliphatic hydroxyl groups is 1. The Morgan fingerprint density at radius 2 is 1.97 bits per heavy atom. The van der Waals surface area contributed by atoms with E-state index in [0.717, 1.165) is 16.7 Å². The molecule has 0 spiro atoms. The first-order chi connectivity index (χ1) is 15.6. The number of benzene rings is 1. The number of ether oxygens (including phenoxy) is 2. The molecule has 0 amide bonds. The van der Waals surface area contributed by atoms with Crippen LogP contribution < -0.4 is 10.4 Å². The maximum absolute atomic E-state index is 13.2. The Hall–Kier alpha value is -3.04. The minimum atomic E-state index is -0.151. The quantitative estimate of drug-likeness (QED) is 0.357. The van der Waals surface area contributed by atoms with Gasteiger partial charge in [0.25, 0.3) is 0 Å². The third-order valence-electron chi connectivity index (χ3n) is 5.23. The van der Waals surface area contributed by atoms with Gasteiger partial charge < -0.3 is 14.6 Å². The van der Waals surface area contributed by atoms with Crippen LogP contribution in [-0.2, 0) is 23.3 Å². The van der Waals surface area contributed by atoms with E-state index in [2.05, 4.69) is 31.0 Å². The number of nitrogens with zero attached hydrogens (tertiary/aromatic N) is 4. The first-order valence-corrected chi connectivity index (χ1v) is 11.1. The molecule has 0 aliphatic heterocycles. The zero-order valence-corrected chi connectivity index (χ0v) is 20.0. The highest BCUT2D eigenvalue weighted by Crippen LogP contribution is 2.25. The zero-order chi connectivity index (χ0) is 24.2. The summed E-state index contributed by atoms with van der Waals surface area (Å²) in [7, 11) is 0. The molecule has 9 heteroatoms. The molecule has 1 aromatic carbocycles. The summed E-state index contributed by atoms with van der Waals surface area (Å²) < 4.78 is 13.9. The van der Waals surface area contributed by atoms with E-state index in [1.54, 1.807) is 6.07 Å². The van der Waals surface area contributed by atoms with E-state index in [0.29, 0.717) is 43.3 Å². The second kappa shape index (κ2) is 10.3. The van der Waals surface area contributed by atoms with Crippen LogP contribution in [0.25, 0.3) is 5.65 Å². The lowest BCUT2D eigenvalue weighted by Gasteiger charge is -2.21. The van der Waals surface area contributed by atoms with Gasteiger partial charge in [0.1, 0.15) is 6.54 Å². The van der Waals surface area contributed by atoms with Gasteiger partial charge in [-0.2, -0.15) is 4.52 Å². The monoisotopic (exact) mass is 457 g/mol. The van der Waals surface area contributed by atoms with E-state index >= 15 is 0 Å². The van der Waals surface area contributed by atoms with E-state index in [1.165, 1.54) is 9.20 Å². The number of aliphatic hydroxyl groups excluding tert-OH is 1. The van der Waals surface area contributed by atoms with Crippen LogP contribution in [0.2, 0.25) is 0 Å². The van der Waals surface area contributed by atoms with Crippen molar-refractivity contribution in [1.82, 2.24) is 19.4 Å². The molecule has 0 radical (unpaired) electrons. The number of aromatic nitrogens is 4. The first kappa shape index (κ1) is 24.6. The Kier molecular flexibility index (Phi) is 7.65. The van der Waals surface area contributed by atoms with E-state index in [4.69, 9.17) is 20.0 Å². The minimum absolute atomic E-state index is 0. The van der Waals surface area contributed by atoms with Crippen molar-refractivity contribution >= 4 is 11.4 Å². The molecule has 0 unspecified atom stereocenters. The topological polar surface area (TPSA) is 115 Å². The summed E-state index contributed by atoms with van der Waals surface area (Å²) in [6, 6.07) is 7.54. The summed E-state index contributed by atoms with van der Waals surface area (Å²) in [6.07, 6.45) is 0.569. The number of ketones is 1. The van der Waals surface area contributed by atoms with Crippen LogP contribution in [-0.4, -0.2) is 50.1 Å². The molecule has 2 N–H and O–H groups in total. The van der Waals surface area contributed by atoms with E-state index in [-0.39, 0.29) is 31.4 Å². The molecule has 3 rings (SSSR count). The molecule has 0 saturated heterocycles. The maximum atomic E-state index is 13.2. The molecular weight excluding hydrogens is 422 g/mol. The van der Waals surface area contributed by atoms with Crippen molar-refractivity contribution in [1.29, 1.82) is 5.41 Å². The smallest absolute Gasteiger partial charge is 0.242 e. The van der Waals surface area contributed by atoms with Crippen LogP contribution in [0.4, 0.5) is 0 Å². The lowest BCUT2D eigenvalue weighted by Crippen LogP contribution is -2.26. The third-order valence-corrected chi connectivity index (χ3v) is 5.23. The number of carbonyl (C=O) groups excluding carboxylic acids is 1. The van der Waals surface area contributed by atoms with Gasteiger partial charge in [-0.15, -0.1) is 10.2 Å². The van der Waals surface area contributed by atoms with Crippen molar-refractivity contribution in [2.75, 3.05) is 19.8 Å². The number of rotatable bonds is 10. The molecule has 0 aliphatic rings. The number of fused-ring (bicyclic) bond motifs is 1. The Balaban J connectivity index is 0.00000408. The van der Waals surface area contributed by atoms with Crippen LogP contribution in [0, 0.1) is 12.3 Å². The summed E-state index contributed by atoms with van der Waals surface area (Å²) in [4.78, 5) is 13.2. The van der Waals surface area contributed by atoms with E-state index in [1.807, 2.05) is 32.0 Å². The van der Waals surface area contributed by atoms with Gasteiger partial charge in [-0.1, -0.05) is 26.8 Å². The molecule has 9 nitrogen and oxygen atoms in total. The van der Waals surface area contributed by atoms with Gasteiger partial charge in [0.05, 0.1) is 13.2 Å². The summed E-state index contributed by atoms with van der Waals surface area (Å²) in [5.74, 6) is 0.262. The van der Waals surface area contributed by atoms with E-state index in [9.17, 15) is 4.79 Å². The number of hydrogen-bond acceptors (Lipinski definition) is 7. The lowest BCUT2D eigenvalue weighted by molar-refractivity contribution is 0.0963. The largest absolute Gasteiger partial charge is 0.477 e. The van der Waals surface area contributed by atoms with Gasteiger partial charge in [-0.25, -0.2) is 4.68 Å². The zero-order valence-electron chi connectivity index (χ0n) is 20.0. The summed E-state index contributed by atoms with van der Waals surface area (Å²) in [5.41, 5.74) is 3.65. The average Bonchev–Trinajstić information content (AvgIpc) is 3.07. The molecule has 0 saturated carbocycles. The second-order valence-corrected chi connectivity index (χ2v) is 9.04. The Labute approximate surface area is 195 Å². The van der Waals surface area contributed by atoms with Crippen molar-refractivity contribution < 1.29 is 20.8 Å². The summed E-state index contributed by atoms with van der Waals surface area (Å²) in [6.45, 7) is 11.3. The van der Waals surface area contributed by atoms with Gasteiger partial charge in [-0.05, 0) is 48.9 Å². The predicted molar refractivity (Wildman–Crippen MR) is 126 cm³/mol. The van der Waals surface area contributed by atoms with Gasteiger partial charge in [-0.3, -0.25) is 10.2 Å². The summed E-state index contributed by atoms with van der Waals surface area (Å²) in [5, 5.41) is 26.2.